The Morgan fingerprint density at radius 2 is 2.21 bits per heavy atom. The number of nitrogens with one attached hydrogen (secondary N) is 1. The monoisotopic (exact) mass is 359 g/mol. The highest BCUT2D eigenvalue weighted by atomic mass is 32.2. The molecule has 0 amide bonds. The van der Waals surface area contributed by atoms with E-state index in [1.165, 1.54) is 11.3 Å². The molecule has 6 nitrogen and oxygen atoms in total. The van der Waals surface area contributed by atoms with Crippen molar-refractivity contribution in [1.29, 1.82) is 0 Å². The Morgan fingerprint density at radius 1 is 1.33 bits per heavy atom. The summed E-state index contributed by atoms with van der Waals surface area (Å²) in [6.45, 7) is 8.37. The molecule has 124 valence electrons. The largest absolute Gasteiger partial charge is 0.419 e. The Kier molecular flexibility index (Phi) is 5.27. The van der Waals surface area contributed by atoms with Crippen molar-refractivity contribution in [3.63, 3.8) is 0 Å². The summed E-state index contributed by atoms with van der Waals surface area (Å²) in [5.74, 6) is 1.11. The molecule has 3 rings (SSSR count). The van der Waals surface area contributed by atoms with Crippen molar-refractivity contribution in [3.8, 4) is 11.5 Å². The van der Waals surface area contributed by atoms with E-state index in [9.17, 15) is 0 Å². The molecule has 0 saturated heterocycles. The molecule has 24 heavy (non-hydrogen) atoms. The first-order valence-electron chi connectivity index (χ1n) is 7.41. The molecule has 1 N–H and O–H groups in total. The molecule has 8 heteroatoms. The van der Waals surface area contributed by atoms with Crippen molar-refractivity contribution < 1.29 is 4.42 Å². The maximum atomic E-state index is 5.81. The number of rotatable bonds is 7. The fourth-order valence-electron chi connectivity index (χ4n) is 1.98. The zero-order valence-corrected chi connectivity index (χ0v) is 15.0. The van der Waals surface area contributed by atoms with E-state index in [1.54, 1.807) is 17.8 Å². The van der Waals surface area contributed by atoms with E-state index < -0.39 is 0 Å². The second kappa shape index (κ2) is 7.59. The molecule has 2 heterocycles. The molecule has 0 aliphatic rings. The van der Waals surface area contributed by atoms with E-state index in [1.807, 2.05) is 38.1 Å². The lowest BCUT2D eigenvalue weighted by Gasteiger charge is -2.02. The van der Waals surface area contributed by atoms with Gasteiger partial charge >= 0.3 is 0 Å². The van der Waals surface area contributed by atoms with Crippen LogP contribution in [0.1, 0.15) is 23.6 Å². The van der Waals surface area contributed by atoms with Crippen molar-refractivity contribution in [2.45, 2.75) is 23.4 Å². The van der Waals surface area contributed by atoms with Gasteiger partial charge in [0.1, 0.15) is 0 Å². The Hall–Kier alpha value is -2.19. The molecule has 0 fully saturated rings. The minimum absolute atomic E-state index is 0.00346. The third kappa shape index (κ3) is 4.01. The van der Waals surface area contributed by atoms with Crippen LogP contribution in [0.4, 0.5) is 5.13 Å². The van der Waals surface area contributed by atoms with E-state index in [0.717, 1.165) is 20.6 Å². The van der Waals surface area contributed by atoms with Gasteiger partial charge in [-0.05, 0) is 26.0 Å². The van der Waals surface area contributed by atoms with E-state index in [-0.39, 0.29) is 5.25 Å². The molecule has 2 aromatic heterocycles. The smallest absolute Gasteiger partial charge is 0.247 e. The van der Waals surface area contributed by atoms with Gasteiger partial charge < -0.3 is 9.73 Å². The summed E-state index contributed by atoms with van der Waals surface area (Å²) in [5.41, 5.74) is 2.08. The quantitative estimate of drug-likeness (QED) is 0.496. The van der Waals surface area contributed by atoms with Crippen LogP contribution in [0.15, 0.2) is 45.7 Å². The number of aryl methyl sites for hydroxylation is 1. The van der Waals surface area contributed by atoms with Crippen LogP contribution in [-0.4, -0.2) is 26.9 Å². The molecular formula is C16H17N5OS2. The SMILES string of the molecule is C=CCNc1nnc(S[C@H](C)c2nnc(-c3cccc(C)c3)o2)s1. The highest BCUT2D eigenvalue weighted by Gasteiger charge is 2.18. The normalized spacial score (nSPS) is 12.1. The fourth-order valence-corrected chi connectivity index (χ4v) is 3.92. The van der Waals surface area contributed by atoms with Crippen molar-refractivity contribution in [2.75, 3.05) is 11.9 Å². The summed E-state index contributed by atoms with van der Waals surface area (Å²) in [5, 5.41) is 20.4. The van der Waals surface area contributed by atoms with Crippen LogP contribution in [0.5, 0.6) is 0 Å². The van der Waals surface area contributed by atoms with Crippen LogP contribution in [0.25, 0.3) is 11.5 Å². The predicted molar refractivity (Wildman–Crippen MR) is 97.3 cm³/mol. The van der Waals surface area contributed by atoms with Crippen LogP contribution >= 0.6 is 23.1 Å². The lowest BCUT2D eigenvalue weighted by molar-refractivity contribution is 0.509. The number of aromatic nitrogens is 4. The Bertz CT molecular complexity index is 829. The molecule has 3 aromatic rings. The molecule has 0 saturated carbocycles. The summed E-state index contributed by atoms with van der Waals surface area (Å²) in [6.07, 6.45) is 1.78. The highest BCUT2D eigenvalue weighted by Crippen LogP contribution is 2.37. The van der Waals surface area contributed by atoms with E-state index in [0.29, 0.717) is 18.3 Å². The summed E-state index contributed by atoms with van der Waals surface area (Å²) >= 11 is 3.04. The summed E-state index contributed by atoms with van der Waals surface area (Å²) in [7, 11) is 0. The van der Waals surface area contributed by atoms with E-state index in [2.05, 4.69) is 32.3 Å². The van der Waals surface area contributed by atoms with E-state index >= 15 is 0 Å². The molecule has 1 aromatic carbocycles. The minimum atomic E-state index is -0.00346. The molecule has 0 unspecified atom stereocenters. The molecule has 0 spiro atoms. The van der Waals surface area contributed by atoms with Crippen molar-refractivity contribution in [2.24, 2.45) is 0 Å². The predicted octanol–water partition coefficient (Wildman–Crippen LogP) is 4.35. The number of benzene rings is 1. The first-order chi connectivity index (χ1) is 11.7. The lowest BCUT2D eigenvalue weighted by atomic mass is 10.1. The van der Waals surface area contributed by atoms with Gasteiger partial charge in [0.25, 0.3) is 0 Å². The van der Waals surface area contributed by atoms with Crippen LogP contribution in [0, 0.1) is 6.92 Å². The van der Waals surface area contributed by atoms with Crippen molar-refractivity contribution in [3.05, 3.63) is 48.4 Å². The topological polar surface area (TPSA) is 76.7 Å². The summed E-state index contributed by atoms with van der Waals surface area (Å²) < 4.78 is 6.67. The first kappa shape index (κ1) is 16.7. The van der Waals surface area contributed by atoms with Crippen LogP contribution in [-0.2, 0) is 0 Å². The number of nitrogens with zero attached hydrogens (tertiary/aromatic N) is 4. The number of anilines is 1. The van der Waals surface area contributed by atoms with Gasteiger partial charge in [-0.1, -0.05) is 46.9 Å². The van der Waals surface area contributed by atoms with Gasteiger partial charge in [-0.2, -0.15) is 0 Å². The van der Waals surface area contributed by atoms with Crippen molar-refractivity contribution >= 4 is 28.2 Å². The second-order valence-electron chi connectivity index (χ2n) is 5.12. The van der Waals surface area contributed by atoms with Gasteiger partial charge in [0.05, 0.1) is 5.25 Å². The van der Waals surface area contributed by atoms with Gasteiger partial charge in [-0.15, -0.1) is 27.0 Å². The van der Waals surface area contributed by atoms with Crippen LogP contribution in [0.3, 0.4) is 0 Å². The zero-order valence-electron chi connectivity index (χ0n) is 13.4. The highest BCUT2D eigenvalue weighted by molar-refractivity contribution is 8.01. The third-order valence-electron chi connectivity index (χ3n) is 3.14. The second-order valence-corrected chi connectivity index (χ2v) is 7.68. The molecular weight excluding hydrogens is 342 g/mol. The third-order valence-corrected chi connectivity index (χ3v) is 5.19. The molecule has 0 aliphatic heterocycles. The van der Waals surface area contributed by atoms with Gasteiger partial charge in [0.2, 0.25) is 16.9 Å². The number of thioether (sulfide) groups is 1. The van der Waals surface area contributed by atoms with E-state index in [4.69, 9.17) is 4.42 Å². The zero-order chi connectivity index (χ0) is 16.9. The molecule has 1 atom stereocenters. The Morgan fingerprint density at radius 3 is 3.00 bits per heavy atom. The average molecular weight is 359 g/mol. The molecule has 0 aliphatic carbocycles. The molecule has 0 radical (unpaired) electrons. The fraction of sp³-hybridized carbons (Fsp3) is 0.250. The summed E-state index contributed by atoms with van der Waals surface area (Å²) in [6, 6.07) is 8.00. The number of hydrogen-bond acceptors (Lipinski definition) is 8. The summed E-state index contributed by atoms with van der Waals surface area (Å²) in [4.78, 5) is 0. The van der Waals surface area contributed by atoms with Gasteiger partial charge in [0.15, 0.2) is 4.34 Å². The van der Waals surface area contributed by atoms with Crippen LogP contribution < -0.4 is 5.32 Å². The lowest BCUT2D eigenvalue weighted by Crippen LogP contribution is -1.96. The standard InChI is InChI=1S/C16H17N5OS2/c1-4-8-17-15-20-21-16(24-15)23-11(3)13-18-19-14(22-13)12-7-5-6-10(2)9-12/h4-7,9,11H,1,8H2,2-3H3,(H,17,20)/t11-/m1/s1. The molecule has 0 bridgehead atoms. The first-order valence-corrected chi connectivity index (χ1v) is 9.10. The van der Waals surface area contributed by atoms with Gasteiger partial charge in [-0.3, -0.25) is 0 Å². The number of hydrogen-bond donors (Lipinski definition) is 1. The Balaban J connectivity index is 1.68. The van der Waals surface area contributed by atoms with Crippen LogP contribution in [0.2, 0.25) is 0 Å². The van der Waals surface area contributed by atoms with Crippen molar-refractivity contribution in [1.82, 2.24) is 20.4 Å². The van der Waals surface area contributed by atoms with Gasteiger partial charge in [0, 0.05) is 12.1 Å². The Labute approximate surface area is 148 Å². The average Bonchev–Trinajstić information content (AvgIpc) is 3.22. The van der Waals surface area contributed by atoms with Gasteiger partial charge in [-0.25, -0.2) is 0 Å². The maximum Gasteiger partial charge on any atom is 0.247 e. The minimum Gasteiger partial charge on any atom is -0.419 e. The maximum absolute atomic E-state index is 5.81.